The van der Waals surface area contributed by atoms with E-state index in [4.69, 9.17) is 14.2 Å². The summed E-state index contributed by atoms with van der Waals surface area (Å²) in [5, 5.41) is 2.80. The molecular weight excluding hydrogens is 446 g/mol. The van der Waals surface area contributed by atoms with Crippen LogP contribution in [0.3, 0.4) is 0 Å². The molecule has 0 saturated carbocycles. The van der Waals surface area contributed by atoms with Crippen molar-refractivity contribution in [2.24, 2.45) is 0 Å². The van der Waals surface area contributed by atoms with Crippen LogP contribution in [-0.2, 0) is 9.53 Å². The van der Waals surface area contributed by atoms with Gasteiger partial charge in [-0.15, -0.1) is 0 Å². The number of nitrogens with zero attached hydrogens (tertiary/aromatic N) is 1. The first-order chi connectivity index (χ1) is 17.0. The predicted molar refractivity (Wildman–Crippen MR) is 134 cm³/mol. The SMILES string of the molecule is CCOc1ccccc1NC(=O)C(CC)OC(=O)c1ccc2nc(-c3ccc(OC)cc3)[nH]c2c1. The Morgan fingerprint density at radius 1 is 1.03 bits per heavy atom. The number of imidazole rings is 1. The van der Waals surface area contributed by atoms with Crippen LogP contribution >= 0.6 is 0 Å². The Morgan fingerprint density at radius 3 is 2.51 bits per heavy atom. The van der Waals surface area contributed by atoms with Crippen molar-refractivity contribution in [2.45, 2.75) is 26.4 Å². The van der Waals surface area contributed by atoms with Gasteiger partial charge in [-0.25, -0.2) is 9.78 Å². The molecule has 0 fully saturated rings. The first-order valence-electron chi connectivity index (χ1n) is 11.4. The topological polar surface area (TPSA) is 103 Å². The van der Waals surface area contributed by atoms with Gasteiger partial charge >= 0.3 is 5.97 Å². The second-order valence-corrected chi connectivity index (χ2v) is 7.77. The number of H-pyrrole nitrogens is 1. The average molecular weight is 474 g/mol. The van der Waals surface area contributed by atoms with Gasteiger partial charge in [-0.3, -0.25) is 4.79 Å². The normalized spacial score (nSPS) is 11.6. The number of aromatic amines is 1. The van der Waals surface area contributed by atoms with Gasteiger partial charge in [0.05, 0.1) is 36.0 Å². The summed E-state index contributed by atoms with van der Waals surface area (Å²) in [6, 6.07) is 19.7. The molecule has 0 radical (unpaired) electrons. The second-order valence-electron chi connectivity index (χ2n) is 7.77. The number of para-hydroxylation sites is 2. The lowest BCUT2D eigenvalue weighted by Gasteiger charge is -2.17. The van der Waals surface area contributed by atoms with Gasteiger partial charge in [0.1, 0.15) is 17.3 Å². The number of ether oxygens (including phenoxy) is 3. The van der Waals surface area contributed by atoms with E-state index in [1.807, 2.05) is 37.3 Å². The van der Waals surface area contributed by atoms with Crippen molar-refractivity contribution < 1.29 is 23.8 Å². The molecule has 35 heavy (non-hydrogen) atoms. The molecule has 0 aliphatic carbocycles. The molecule has 1 unspecified atom stereocenters. The minimum atomic E-state index is -0.954. The number of methoxy groups -OCH3 is 1. The summed E-state index contributed by atoms with van der Waals surface area (Å²) in [5.74, 6) is 0.977. The number of hydrogen-bond donors (Lipinski definition) is 2. The van der Waals surface area contributed by atoms with Crippen LogP contribution < -0.4 is 14.8 Å². The number of benzene rings is 3. The van der Waals surface area contributed by atoms with Crippen molar-refractivity contribution in [3.05, 3.63) is 72.3 Å². The van der Waals surface area contributed by atoms with Crippen molar-refractivity contribution in [3.8, 4) is 22.9 Å². The molecule has 4 rings (SSSR count). The second kappa shape index (κ2) is 10.7. The number of aromatic nitrogens is 2. The molecule has 8 heteroatoms. The highest BCUT2D eigenvalue weighted by Crippen LogP contribution is 2.25. The van der Waals surface area contributed by atoms with Crippen molar-refractivity contribution in [3.63, 3.8) is 0 Å². The molecule has 1 aromatic heterocycles. The van der Waals surface area contributed by atoms with Crippen LogP contribution in [0.1, 0.15) is 30.6 Å². The van der Waals surface area contributed by atoms with Gasteiger partial charge in [0.2, 0.25) is 0 Å². The maximum atomic E-state index is 12.9. The van der Waals surface area contributed by atoms with Crippen molar-refractivity contribution >= 4 is 28.6 Å². The highest BCUT2D eigenvalue weighted by atomic mass is 16.5. The lowest BCUT2D eigenvalue weighted by Crippen LogP contribution is -2.32. The van der Waals surface area contributed by atoms with Crippen LogP contribution in [0.2, 0.25) is 0 Å². The monoisotopic (exact) mass is 473 g/mol. The molecule has 180 valence electrons. The summed E-state index contributed by atoms with van der Waals surface area (Å²) < 4.78 is 16.3. The van der Waals surface area contributed by atoms with E-state index in [0.717, 1.165) is 11.3 Å². The Kier molecular flexibility index (Phi) is 7.30. The Labute approximate surface area is 203 Å². The molecule has 0 bridgehead atoms. The molecule has 3 aromatic carbocycles. The molecule has 0 spiro atoms. The summed E-state index contributed by atoms with van der Waals surface area (Å²) in [5.41, 5.74) is 3.14. The van der Waals surface area contributed by atoms with E-state index in [1.165, 1.54) is 0 Å². The fourth-order valence-electron chi connectivity index (χ4n) is 3.61. The highest BCUT2D eigenvalue weighted by Gasteiger charge is 2.23. The number of anilines is 1. The van der Waals surface area contributed by atoms with E-state index in [1.54, 1.807) is 50.4 Å². The third-order valence-electron chi connectivity index (χ3n) is 5.44. The largest absolute Gasteiger partial charge is 0.497 e. The Hall–Kier alpha value is -4.33. The third kappa shape index (κ3) is 5.43. The third-order valence-corrected chi connectivity index (χ3v) is 5.44. The van der Waals surface area contributed by atoms with Crippen LogP contribution in [0, 0.1) is 0 Å². The van der Waals surface area contributed by atoms with Crippen molar-refractivity contribution in [1.29, 1.82) is 0 Å². The maximum absolute atomic E-state index is 12.9. The van der Waals surface area contributed by atoms with Gasteiger partial charge in [0.25, 0.3) is 5.91 Å². The lowest BCUT2D eigenvalue weighted by atomic mass is 10.2. The van der Waals surface area contributed by atoms with Gasteiger partial charge in [0, 0.05) is 5.56 Å². The predicted octanol–water partition coefficient (Wildman–Crippen LogP) is 5.21. The molecular formula is C27H27N3O5. The molecule has 1 atom stereocenters. The fourth-order valence-corrected chi connectivity index (χ4v) is 3.61. The zero-order valence-electron chi connectivity index (χ0n) is 19.8. The van der Waals surface area contributed by atoms with Crippen LogP contribution in [-0.4, -0.2) is 41.7 Å². The fraction of sp³-hybridized carbons (Fsp3) is 0.222. The minimum absolute atomic E-state index is 0.322. The van der Waals surface area contributed by atoms with E-state index in [-0.39, 0.29) is 0 Å². The number of esters is 1. The van der Waals surface area contributed by atoms with E-state index in [0.29, 0.717) is 46.9 Å². The van der Waals surface area contributed by atoms with E-state index >= 15 is 0 Å². The van der Waals surface area contributed by atoms with E-state index in [9.17, 15) is 9.59 Å². The van der Waals surface area contributed by atoms with E-state index < -0.39 is 18.0 Å². The molecule has 8 nitrogen and oxygen atoms in total. The van der Waals surface area contributed by atoms with Crippen LogP contribution in [0.15, 0.2) is 66.7 Å². The van der Waals surface area contributed by atoms with Gasteiger partial charge < -0.3 is 24.5 Å². The minimum Gasteiger partial charge on any atom is -0.497 e. The number of carbonyl (C=O) groups excluding carboxylic acids is 2. The molecule has 1 heterocycles. The molecule has 0 saturated heterocycles. The highest BCUT2D eigenvalue weighted by molar-refractivity contribution is 5.99. The zero-order chi connectivity index (χ0) is 24.8. The molecule has 0 aliphatic heterocycles. The maximum Gasteiger partial charge on any atom is 0.338 e. The van der Waals surface area contributed by atoms with Crippen LogP contribution in [0.5, 0.6) is 11.5 Å². The quantitative estimate of drug-likeness (QED) is 0.324. The molecule has 4 aromatic rings. The van der Waals surface area contributed by atoms with E-state index in [2.05, 4.69) is 15.3 Å². The Bertz CT molecular complexity index is 1330. The number of nitrogens with one attached hydrogen (secondary N) is 2. The summed E-state index contributed by atoms with van der Waals surface area (Å²) in [4.78, 5) is 33.5. The Morgan fingerprint density at radius 2 is 1.80 bits per heavy atom. The lowest BCUT2D eigenvalue weighted by molar-refractivity contribution is -0.124. The molecule has 2 N–H and O–H groups in total. The standard InChI is InChI=1S/C27H27N3O5/c1-4-23(26(31)30-21-8-6-7-9-24(21)34-5-2)35-27(32)18-12-15-20-22(16-18)29-25(28-20)17-10-13-19(33-3)14-11-17/h6-16,23H,4-5H2,1-3H3,(H,28,29)(H,30,31). The number of amides is 1. The number of rotatable bonds is 9. The van der Waals surface area contributed by atoms with Crippen LogP contribution in [0.25, 0.3) is 22.4 Å². The van der Waals surface area contributed by atoms with Crippen molar-refractivity contribution in [2.75, 3.05) is 19.0 Å². The molecule has 1 amide bonds. The summed E-state index contributed by atoms with van der Waals surface area (Å²) in [6.07, 6.45) is -0.632. The number of carbonyl (C=O) groups is 2. The summed E-state index contributed by atoms with van der Waals surface area (Å²) >= 11 is 0. The smallest absolute Gasteiger partial charge is 0.338 e. The number of fused-ring (bicyclic) bond motifs is 1. The van der Waals surface area contributed by atoms with Gasteiger partial charge in [-0.2, -0.15) is 0 Å². The average Bonchev–Trinajstić information content (AvgIpc) is 3.32. The van der Waals surface area contributed by atoms with Gasteiger partial charge in [-0.1, -0.05) is 19.1 Å². The molecule has 0 aliphatic rings. The van der Waals surface area contributed by atoms with Gasteiger partial charge in [-0.05, 0) is 67.9 Å². The summed E-state index contributed by atoms with van der Waals surface area (Å²) in [7, 11) is 1.61. The number of hydrogen-bond acceptors (Lipinski definition) is 6. The summed E-state index contributed by atoms with van der Waals surface area (Å²) in [6.45, 7) is 4.12. The van der Waals surface area contributed by atoms with Crippen LogP contribution in [0.4, 0.5) is 5.69 Å². The zero-order valence-corrected chi connectivity index (χ0v) is 19.8. The first-order valence-corrected chi connectivity index (χ1v) is 11.4. The first kappa shape index (κ1) is 23.8. The van der Waals surface area contributed by atoms with Gasteiger partial charge in [0.15, 0.2) is 6.10 Å². The Balaban J connectivity index is 1.48. The van der Waals surface area contributed by atoms with Crippen molar-refractivity contribution in [1.82, 2.24) is 9.97 Å².